The molecule has 2 aromatic carbocycles. The van der Waals surface area contributed by atoms with Crippen molar-refractivity contribution in [1.82, 2.24) is 5.32 Å². The molecule has 0 saturated carbocycles. The minimum Gasteiger partial charge on any atom is -0.481 e. The van der Waals surface area contributed by atoms with Crippen LogP contribution in [0.5, 0.6) is 5.75 Å². The Hall–Kier alpha value is -3.68. The highest BCUT2D eigenvalue weighted by Gasteiger charge is 2.10. The molecular weight excluding hydrogens is 370 g/mol. The van der Waals surface area contributed by atoms with Crippen LogP contribution in [0.3, 0.4) is 0 Å². The van der Waals surface area contributed by atoms with Crippen molar-refractivity contribution >= 4 is 17.5 Å². The largest absolute Gasteiger partial charge is 0.481 e. The number of furan rings is 1. The molecule has 0 saturated heterocycles. The number of anilines is 1. The first-order chi connectivity index (χ1) is 13.5. The Morgan fingerprint density at radius 2 is 1.82 bits per heavy atom. The van der Waals surface area contributed by atoms with Crippen LogP contribution in [-0.4, -0.2) is 18.4 Å². The van der Waals surface area contributed by atoms with Gasteiger partial charge in [0.25, 0.3) is 11.8 Å². The fourth-order valence-corrected chi connectivity index (χ4v) is 2.29. The highest BCUT2D eigenvalue weighted by atomic mass is 19.1. The summed E-state index contributed by atoms with van der Waals surface area (Å²) in [7, 11) is 0. The molecule has 8 heteroatoms. The van der Waals surface area contributed by atoms with E-state index >= 15 is 0 Å². The van der Waals surface area contributed by atoms with Gasteiger partial charge in [-0.15, -0.1) is 0 Å². The Morgan fingerprint density at radius 1 is 1.04 bits per heavy atom. The van der Waals surface area contributed by atoms with Crippen LogP contribution in [0.15, 0.2) is 65.3 Å². The molecule has 0 bridgehead atoms. The second kappa shape index (κ2) is 8.81. The third kappa shape index (κ3) is 5.16. The van der Waals surface area contributed by atoms with E-state index in [-0.39, 0.29) is 24.0 Å². The van der Waals surface area contributed by atoms with E-state index in [1.807, 2.05) is 0 Å². The minimum absolute atomic E-state index is 0.201. The van der Waals surface area contributed by atoms with Crippen molar-refractivity contribution in [2.24, 2.45) is 0 Å². The Bertz CT molecular complexity index is 957. The average Bonchev–Trinajstić information content (AvgIpc) is 3.22. The smallest absolute Gasteiger partial charge is 0.291 e. The topological polar surface area (TPSA) is 80.6 Å². The molecule has 2 amide bonds. The molecule has 1 heterocycles. The minimum atomic E-state index is -0.875. The summed E-state index contributed by atoms with van der Waals surface area (Å²) in [6.45, 7) is -0.180. The molecule has 0 fully saturated rings. The van der Waals surface area contributed by atoms with Gasteiger partial charge in [0.15, 0.2) is 23.9 Å². The molecule has 144 valence electrons. The number of halogens is 2. The molecule has 3 rings (SSSR count). The van der Waals surface area contributed by atoms with E-state index in [0.29, 0.717) is 11.8 Å². The van der Waals surface area contributed by atoms with Crippen LogP contribution in [0.1, 0.15) is 16.1 Å². The Balaban J connectivity index is 1.45. The van der Waals surface area contributed by atoms with Crippen molar-refractivity contribution in [2.75, 3.05) is 11.9 Å². The Morgan fingerprint density at radius 3 is 2.50 bits per heavy atom. The van der Waals surface area contributed by atoms with Crippen molar-refractivity contribution in [3.63, 3.8) is 0 Å². The zero-order chi connectivity index (χ0) is 19.9. The summed E-state index contributed by atoms with van der Waals surface area (Å²) >= 11 is 0. The molecular formula is C20H16F2N2O4. The standard InChI is InChI=1S/C20H16F2N2O4/c21-14-5-8-17(16(22)10-14)28-12-19(25)23-11-13-3-6-15(7-4-13)24-20(26)18-2-1-9-27-18/h1-10H,11-12H2,(H,23,25)(H,24,26). The molecule has 0 aliphatic rings. The predicted octanol–water partition coefficient (Wildman–Crippen LogP) is 3.51. The lowest BCUT2D eigenvalue weighted by Crippen LogP contribution is -2.28. The van der Waals surface area contributed by atoms with Crippen molar-refractivity contribution < 1.29 is 27.5 Å². The molecule has 0 spiro atoms. The summed E-state index contributed by atoms with van der Waals surface area (Å²) in [4.78, 5) is 23.7. The van der Waals surface area contributed by atoms with Gasteiger partial charge in [-0.05, 0) is 42.0 Å². The SMILES string of the molecule is O=C(COc1ccc(F)cc1F)NCc1ccc(NC(=O)c2ccco2)cc1. The van der Waals surface area contributed by atoms with Crippen LogP contribution < -0.4 is 15.4 Å². The lowest BCUT2D eigenvalue weighted by Gasteiger charge is -2.09. The molecule has 1 aromatic heterocycles. The Labute approximate surface area is 159 Å². The third-order valence-corrected chi connectivity index (χ3v) is 3.70. The van der Waals surface area contributed by atoms with Gasteiger partial charge in [0, 0.05) is 18.3 Å². The molecule has 6 nitrogen and oxygen atoms in total. The monoisotopic (exact) mass is 386 g/mol. The number of hydrogen-bond donors (Lipinski definition) is 2. The lowest BCUT2D eigenvalue weighted by molar-refractivity contribution is -0.123. The molecule has 0 atom stereocenters. The second-order valence-electron chi connectivity index (χ2n) is 5.77. The first-order valence-electron chi connectivity index (χ1n) is 8.29. The molecule has 0 radical (unpaired) electrons. The maximum atomic E-state index is 13.4. The van der Waals surface area contributed by atoms with Crippen LogP contribution in [0.4, 0.5) is 14.5 Å². The summed E-state index contributed by atoms with van der Waals surface area (Å²) in [5, 5.41) is 5.30. The number of carbonyl (C=O) groups is 2. The highest BCUT2D eigenvalue weighted by molar-refractivity contribution is 6.02. The van der Waals surface area contributed by atoms with E-state index in [9.17, 15) is 18.4 Å². The summed E-state index contributed by atoms with van der Waals surface area (Å²) in [6, 6.07) is 12.9. The van der Waals surface area contributed by atoms with Crippen LogP contribution in [0, 0.1) is 11.6 Å². The predicted molar refractivity (Wildman–Crippen MR) is 96.8 cm³/mol. The first-order valence-corrected chi connectivity index (χ1v) is 8.29. The number of rotatable bonds is 7. The molecule has 0 aliphatic heterocycles. The van der Waals surface area contributed by atoms with E-state index < -0.39 is 24.1 Å². The molecule has 2 N–H and O–H groups in total. The average molecular weight is 386 g/mol. The summed E-state index contributed by atoms with van der Waals surface area (Å²) < 4.78 is 36.3. The van der Waals surface area contributed by atoms with Gasteiger partial charge >= 0.3 is 0 Å². The van der Waals surface area contributed by atoms with E-state index in [4.69, 9.17) is 9.15 Å². The molecule has 0 unspecified atom stereocenters. The third-order valence-electron chi connectivity index (χ3n) is 3.70. The summed E-state index contributed by atoms with van der Waals surface area (Å²) in [5.74, 6) is -2.42. The first kappa shape index (κ1) is 19.1. The Kier molecular flexibility index (Phi) is 6.01. The van der Waals surface area contributed by atoms with E-state index in [2.05, 4.69) is 10.6 Å². The van der Waals surface area contributed by atoms with E-state index in [1.165, 1.54) is 6.26 Å². The number of benzene rings is 2. The van der Waals surface area contributed by atoms with Crippen LogP contribution in [0.25, 0.3) is 0 Å². The van der Waals surface area contributed by atoms with Gasteiger partial charge in [-0.25, -0.2) is 8.78 Å². The summed E-state index contributed by atoms with van der Waals surface area (Å²) in [5.41, 5.74) is 1.36. The van der Waals surface area contributed by atoms with Gasteiger partial charge in [0.05, 0.1) is 6.26 Å². The van der Waals surface area contributed by atoms with Gasteiger partial charge in [-0.2, -0.15) is 0 Å². The maximum absolute atomic E-state index is 13.4. The van der Waals surface area contributed by atoms with E-state index in [1.54, 1.807) is 36.4 Å². The molecule has 3 aromatic rings. The van der Waals surface area contributed by atoms with Gasteiger partial charge in [0.1, 0.15) is 5.82 Å². The van der Waals surface area contributed by atoms with Gasteiger partial charge in [0.2, 0.25) is 0 Å². The van der Waals surface area contributed by atoms with Crippen LogP contribution >= 0.6 is 0 Å². The quantitative estimate of drug-likeness (QED) is 0.651. The van der Waals surface area contributed by atoms with Gasteiger partial charge in [-0.1, -0.05) is 12.1 Å². The van der Waals surface area contributed by atoms with E-state index in [0.717, 1.165) is 17.7 Å². The zero-order valence-electron chi connectivity index (χ0n) is 14.6. The molecule has 28 heavy (non-hydrogen) atoms. The summed E-state index contributed by atoms with van der Waals surface area (Å²) in [6.07, 6.45) is 1.41. The van der Waals surface area contributed by atoms with Crippen LogP contribution in [-0.2, 0) is 11.3 Å². The van der Waals surface area contributed by atoms with Gasteiger partial charge in [-0.3, -0.25) is 9.59 Å². The number of nitrogens with one attached hydrogen (secondary N) is 2. The van der Waals surface area contributed by atoms with Gasteiger partial charge < -0.3 is 19.8 Å². The number of hydrogen-bond acceptors (Lipinski definition) is 4. The normalized spacial score (nSPS) is 10.4. The zero-order valence-corrected chi connectivity index (χ0v) is 14.6. The fourth-order valence-electron chi connectivity index (χ4n) is 2.29. The number of amides is 2. The van der Waals surface area contributed by atoms with Crippen LogP contribution in [0.2, 0.25) is 0 Å². The van der Waals surface area contributed by atoms with Crippen molar-refractivity contribution in [3.05, 3.63) is 83.8 Å². The highest BCUT2D eigenvalue weighted by Crippen LogP contribution is 2.17. The number of ether oxygens (including phenoxy) is 1. The van der Waals surface area contributed by atoms with Crippen molar-refractivity contribution in [3.8, 4) is 5.75 Å². The number of carbonyl (C=O) groups excluding carboxylic acids is 2. The van der Waals surface area contributed by atoms with Crippen molar-refractivity contribution in [1.29, 1.82) is 0 Å². The second-order valence-corrected chi connectivity index (χ2v) is 5.77. The maximum Gasteiger partial charge on any atom is 0.291 e. The lowest BCUT2D eigenvalue weighted by atomic mass is 10.2. The molecule has 0 aliphatic carbocycles. The van der Waals surface area contributed by atoms with Crippen molar-refractivity contribution in [2.45, 2.75) is 6.54 Å². The fraction of sp³-hybridized carbons (Fsp3) is 0.100.